The van der Waals surface area contributed by atoms with Gasteiger partial charge in [0.05, 0.1) is 44.3 Å². The number of hydrogen-bond donors (Lipinski definition) is 1. The van der Waals surface area contributed by atoms with Gasteiger partial charge in [-0.25, -0.2) is 0 Å². The third-order valence-electron chi connectivity index (χ3n) is 13.0. The van der Waals surface area contributed by atoms with Crippen LogP contribution in [0, 0.1) is 23.7 Å². The van der Waals surface area contributed by atoms with E-state index in [-0.39, 0.29) is 47.7 Å². The average molecular weight is 798 g/mol. The van der Waals surface area contributed by atoms with Gasteiger partial charge in [-0.2, -0.15) is 0 Å². The Balaban J connectivity index is 1.13. The second-order valence-corrected chi connectivity index (χ2v) is 15.8. The average Bonchev–Trinajstić information content (AvgIpc) is 3.55. The van der Waals surface area contributed by atoms with Crippen molar-refractivity contribution in [2.24, 2.45) is 23.7 Å². The highest BCUT2D eigenvalue weighted by Crippen LogP contribution is 2.64. The molecular formula is C51H43NO8. The Hall–Kier alpha value is -7.00. The smallest absolute Gasteiger partial charge is 0.238 e. The molecule has 5 aromatic carbocycles. The van der Waals surface area contributed by atoms with Gasteiger partial charge in [-0.1, -0.05) is 103 Å². The molecule has 1 saturated heterocycles. The van der Waals surface area contributed by atoms with Gasteiger partial charge in [-0.3, -0.25) is 24.1 Å². The molecule has 0 aromatic heterocycles. The zero-order valence-electron chi connectivity index (χ0n) is 33.4. The molecule has 1 saturated carbocycles. The van der Waals surface area contributed by atoms with Crippen molar-refractivity contribution in [3.8, 4) is 23.0 Å². The van der Waals surface area contributed by atoms with Gasteiger partial charge < -0.3 is 19.3 Å². The lowest BCUT2D eigenvalue weighted by Gasteiger charge is -2.55. The van der Waals surface area contributed by atoms with Crippen LogP contribution in [0.15, 0.2) is 139 Å². The van der Waals surface area contributed by atoms with Crippen molar-refractivity contribution in [2.45, 2.75) is 24.2 Å². The van der Waals surface area contributed by atoms with E-state index >= 15 is 9.59 Å². The van der Waals surface area contributed by atoms with E-state index in [1.54, 1.807) is 38.5 Å². The third-order valence-corrected chi connectivity index (χ3v) is 13.0. The monoisotopic (exact) mass is 797 g/mol. The second kappa shape index (κ2) is 15.3. The number of phenols is 1. The van der Waals surface area contributed by atoms with Gasteiger partial charge in [0.15, 0.2) is 23.1 Å². The van der Waals surface area contributed by atoms with Crippen molar-refractivity contribution < 1.29 is 38.5 Å². The minimum absolute atomic E-state index is 0.0670. The van der Waals surface area contributed by atoms with Gasteiger partial charge in [0, 0.05) is 23.0 Å². The first-order valence-electron chi connectivity index (χ1n) is 20.1. The van der Waals surface area contributed by atoms with Crippen LogP contribution < -0.4 is 19.1 Å². The number of hydrogen-bond acceptors (Lipinski definition) is 8. The van der Waals surface area contributed by atoms with Crippen molar-refractivity contribution in [3.63, 3.8) is 0 Å². The van der Waals surface area contributed by atoms with Crippen LogP contribution in [0.2, 0.25) is 0 Å². The highest BCUT2D eigenvalue weighted by molar-refractivity contribution is 6.32. The number of amides is 2. The number of phenolic OH excluding ortho intramolecular Hbond substituents is 1. The molecule has 1 heterocycles. The van der Waals surface area contributed by atoms with Crippen molar-refractivity contribution in [1.82, 2.24) is 0 Å². The number of imide groups is 1. The number of Topliss-reactive ketones (excluding diaryl/α,β-unsaturated/α-hetero) is 1. The fourth-order valence-corrected chi connectivity index (χ4v) is 10.3. The van der Waals surface area contributed by atoms with Crippen LogP contribution in [0.25, 0.3) is 17.7 Å². The number of benzene rings is 5. The Kier molecular flexibility index (Phi) is 9.83. The lowest BCUT2D eigenvalue weighted by Crippen LogP contribution is -2.58. The standard InChI is InChI=1S/C51H43NO8/c1-58-36-21-25-43(59-2)32(26-36)17-14-30-15-19-35(20-16-30)52-49(56)38-23-22-37-40(46(38)50(52)57)28-41-48(55)39(31-10-6-4-7-11-31)29-45(54)51(41,34-12-8-5-9-13-34)47(37)33-18-24-42(53)44(27-33)60-3/h4-22,24-27,29,38,40-41,46-47,53H,23,28H2,1-3H3. The van der Waals surface area contributed by atoms with Crippen molar-refractivity contribution in [3.05, 3.63) is 167 Å². The number of anilines is 1. The molecule has 0 radical (unpaired) electrons. The SMILES string of the molecule is COc1ccc(OC)c(C=Cc2ccc(N3C(=O)C4CC=C5C(CC6C(=O)C(c7ccccc7)=CC(=O)C6(c6ccccc6)C5c5ccc(O)c(OC)c5)C4C3=O)cc2)c1. The quantitative estimate of drug-likeness (QED) is 0.0895. The van der Waals surface area contributed by atoms with Crippen LogP contribution in [-0.4, -0.2) is 49.8 Å². The van der Waals surface area contributed by atoms with Crippen LogP contribution in [0.4, 0.5) is 5.69 Å². The Morgan fingerprint density at radius 2 is 1.43 bits per heavy atom. The number of methoxy groups -OCH3 is 3. The van der Waals surface area contributed by atoms with E-state index in [0.717, 1.165) is 16.7 Å². The minimum Gasteiger partial charge on any atom is -0.504 e. The number of aromatic hydroxyl groups is 1. The number of nitrogens with zero attached hydrogens (tertiary/aromatic N) is 1. The van der Waals surface area contributed by atoms with Gasteiger partial charge in [0.1, 0.15) is 11.5 Å². The number of carbonyl (C=O) groups is 4. The summed E-state index contributed by atoms with van der Waals surface area (Å²) in [5, 5.41) is 10.7. The maximum atomic E-state index is 15.3. The first-order valence-corrected chi connectivity index (χ1v) is 20.1. The normalized spacial score (nSPS) is 24.6. The lowest BCUT2D eigenvalue weighted by atomic mass is 9.44. The molecule has 6 unspecified atom stereocenters. The molecule has 60 heavy (non-hydrogen) atoms. The molecule has 9 nitrogen and oxygen atoms in total. The first kappa shape index (κ1) is 38.5. The number of fused-ring (bicyclic) bond motifs is 4. The molecule has 3 aliphatic carbocycles. The highest BCUT2D eigenvalue weighted by Gasteiger charge is 2.66. The summed E-state index contributed by atoms with van der Waals surface area (Å²) in [7, 11) is 4.68. The summed E-state index contributed by atoms with van der Waals surface area (Å²) >= 11 is 0. The molecule has 1 N–H and O–H groups in total. The molecule has 5 aromatic rings. The Bertz CT molecular complexity index is 2630. The van der Waals surface area contributed by atoms with Crippen LogP contribution in [-0.2, 0) is 24.6 Å². The summed E-state index contributed by atoms with van der Waals surface area (Å²) in [5.41, 5.74) is 3.90. The summed E-state index contributed by atoms with van der Waals surface area (Å²) in [6.45, 7) is 0. The van der Waals surface area contributed by atoms with Crippen LogP contribution in [0.1, 0.15) is 46.6 Å². The number of allylic oxidation sites excluding steroid dienone is 4. The van der Waals surface area contributed by atoms with Gasteiger partial charge in [-0.05, 0) is 89.6 Å². The fraction of sp³-hybridized carbons (Fsp3) is 0.216. The van der Waals surface area contributed by atoms with Gasteiger partial charge in [0.25, 0.3) is 0 Å². The van der Waals surface area contributed by atoms with Crippen molar-refractivity contribution in [2.75, 3.05) is 26.2 Å². The molecule has 300 valence electrons. The minimum atomic E-state index is -1.39. The first-order chi connectivity index (χ1) is 29.2. The molecule has 0 spiro atoms. The Labute approximate surface area is 348 Å². The molecule has 9 heteroatoms. The van der Waals surface area contributed by atoms with E-state index in [0.29, 0.717) is 39.4 Å². The van der Waals surface area contributed by atoms with Crippen LogP contribution >= 0.6 is 0 Å². The van der Waals surface area contributed by atoms with Gasteiger partial charge in [-0.15, -0.1) is 0 Å². The predicted octanol–water partition coefficient (Wildman–Crippen LogP) is 8.62. The van der Waals surface area contributed by atoms with Crippen molar-refractivity contribution in [1.29, 1.82) is 0 Å². The maximum Gasteiger partial charge on any atom is 0.238 e. The molecule has 4 aliphatic rings. The van der Waals surface area contributed by atoms with Gasteiger partial charge in [0.2, 0.25) is 11.8 Å². The number of rotatable bonds is 9. The molecule has 0 bridgehead atoms. The molecule has 9 rings (SSSR count). The topological polar surface area (TPSA) is 119 Å². The predicted molar refractivity (Wildman–Crippen MR) is 229 cm³/mol. The van der Waals surface area contributed by atoms with Crippen molar-refractivity contribution >= 4 is 46.8 Å². The third kappa shape index (κ3) is 6.06. The fourth-order valence-electron chi connectivity index (χ4n) is 10.3. The Morgan fingerprint density at radius 3 is 2.13 bits per heavy atom. The van der Waals surface area contributed by atoms with Crippen LogP contribution in [0.5, 0.6) is 23.0 Å². The van der Waals surface area contributed by atoms with E-state index in [4.69, 9.17) is 14.2 Å². The number of ether oxygens (including phenoxy) is 3. The van der Waals surface area contributed by atoms with E-state index < -0.39 is 35.0 Å². The van der Waals surface area contributed by atoms with E-state index in [1.165, 1.54) is 24.2 Å². The van der Waals surface area contributed by atoms with Gasteiger partial charge >= 0.3 is 0 Å². The Morgan fingerprint density at radius 1 is 0.717 bits per heavy atom. The largest absolute Gasteiger partial charge is 0.504 e. The summed E-state index contributed by atoms with van der Waals surface area (Å²) in [5.74, 6) is -3.04. The zero-order valence-corrected chi connectivity index (χ0v) is 33.4. The lowest BCUT2D eigenvalue weighted by molar-refractivity contribution is -0.135. The van der Waals surface area contributed by atoms with Crippen LogP contribution in [0.3, 0.4) is 0 Å². The summed E-state index contributed by atoms with van der Waals surface area (Å²) < 4.78 is 16.5. The van der Waals surface area contributed by atoms with E-state index in [9.17, 15) is 14.7 Å². The summed E-state index contributed by atoms with van der Waals surface area (Å²) in [6.07, 6.45) is 7.84. The summed E-state index contributed by atoms with van der Waals surface area (Å²) in [4.78, 5) is 61.1. The number of ketones is 2. The maximum absolute atomic E-state index is 15.3. The van der Waals surface area contributed by atoms with E-state index in [2.05, 4.69) is 0 Å². The second-order valence-electron chi connectivity index (χ2n) is 15.8. The molecule has 2 amide bonds. The van der Waals surface area contributed by atoms with E-state index in [1.807, 2.05) is 109 Å². The summed E-state index contributed by atoms with van der Waals surface area (Å²) in [6, 6.07) is 36.4. The molecule has 6 atom stereocenters. The number of carbonyl (C=O) groups excluding carboxylic acids is 4. The molecule has 1 aliphatic heterocycles. The zero-order chi connectivity index (χ0) is 41.7. The molecular weight excluding hydrogens is 755 g/mol. The molecule has 2 fully saturated rings. The highest BCUT2D eigenvalue weighted by atomic mass is 16.5.